The van der Waals surface area contributed by atoms with E-state index in [0.29, 0.717) is 11.1 Å². The van der Waals surface area contributed by atoms with E-state index in [1.165, 1.54) is 25.0 Å². The van der Waals surface area contributed by atoms with E-state index in [4.69, 9.17) is 27.4 Å². The van der Waals surface area contributed by atoms with E-state index >= 15 is 0 Å². The molecule has 9 heteroatoms. The van der Waals surface area contributed by atoms with E-state index < -0.39 is 0 Å². The van der Waals surface area contributed by atoms with Gasteiger partial charge in [-0.05, 0) is 0 Å². The van der Waals surface area contributed by atoms with Crippen molar-refractivity contribution in [1.82, 2.24) is 0 Å². The minimum Gasteiger partial charge on any atom is -0.471 e. The van der Waals surface area contributed by atoms with Crippen LogP contribution in [0.5, 0.6) is 0 Å². The van der Waals surface area contributed by atoms with E-state index in [2.05, 4.69) is 20.4 Å². The van der Waals surface area contributed by atoms with Crippen molar-refractivity contribution in [3.05, 3.63) is 23.7 Å². The summed E-state index contributed by atoms with van der Waals surface area (Å²) < 4.78 is 4.96. The van der Waals surface area contributed by atoms with Crippen molar-refractivity contribution in [2.75, 3.05) is 0 Å². The number of guanidine groups is 2. The van der Waals surface area contributed by atoms with Crippen LogP contribution in [0, 0.1) is 0 Å². The number of nitrogens with zero attached hydrogens (tertiary/aromatic N) is 4. The Morgan fingerprint density at radius 2 is 1.29 bits per heavy atom. The second-order valence-corrected chi connectivity index (χ2v) is 2.82. The van der Waals surface area contributed by atoms with Crippen LogP contribution in [0.25, 0.3) is 0 Å². The van der Waals surface area contributed by atoms with Crippen LogP contribution in [-0.2, 0) is 0 Å². The van der Waals surface area contributed by atoms with E-state index in [9.17, 15) is 0 Å². The highest BCUT2D eigenvalue weighted by Crippen LogP contribution is 2.05. The fraction of sp³-hybridized carbons (Fsp3) is 0. The van der Waals surface area contributed by atoms with Crippen molar-refractivity contribution in [2.24, 2.45) is 43.3 Å². The molecule has 0 unspecified atom stereocenters. The molecule has 0 bridgehead atoms. The molecule has 17 heavy (non-hydrogen) atoms. The van der Waals surface area contributed by atoms with Crippen molar-refractivity contribution in [3.8, 4) is 0 Å². The highest BCUT2D eigenvalue weighted by molar-refractivity contribution is 5.94. The van der Waals surface area contributed by atoms with Crippen molar-refractivity contribution < 1.29 is 4.42 Å². The van der Waals surface area contributed by atoms with Crippen LogP contribution in [0.1, 0.15) is 11.1 Å². The Hall–Kier alpha value is -2.84. The molecule has 0 aliphatic heterocycles. The van der Waals surface area contributed by atoms with Gasteiger partial charge in [0.15, 0.2) is 0 Å². The highest BCUT2D eigenvalue weighted by atomic mass is 16.3. The van der Waals surface area contributed by atoms with Crippen molar-refractivity contribution in [1.29, 1.82) is 0 Å². The molecule has 1 rings (SSSR count). The van der Waals surface area contributed by atoms with Crippen molar-refractivity contribution in [3.63, 3.8) is 0 Å². The first-order chi connectivity index (χ1) is 8.09. The lowest BCUT2D eigenvalue weighted by atomic mass is 10.2. The second-order valence-electron chi connectivity index (χ2n) is 2.82. The topological polar surface area (TPSA) is 167 Å². The monoisotopic (exact) mass is 236 g/mol. The SMILES string of the molecule is NC(N)=N/N=C/c1cocc1/C=N/N=C(N)N. The molecule has 1 aromatic heterocycles. The van der Waals surface area contributed by atoms with Crippen LogP contribution in [0.2, 0.25) is 0 Å². The molecular formula is C8H12N8O. The molecule has 0 saturated carbocycles. The average molecular weight is 236 g/mol. The zero-order valence-corrected chi connectivity index (χ0v) is 8.82. The number of hydrogen-bond acceptors (Lipinski definition) is 5. The molecule has 8 N–H and O–H groups in total. The molecule has 9 nitrogen and oxygen atoms in total. The molecule has 0 fully saturated rings. The lowest BCUT2D eigenvalue weighted by Gasteiger charge is -1.87. The summed E-state index contributed by atoms with van der Waals surface area (Å²) in [7, 11) is 0. The Morgan fingerprint density at radius 3 is 1.65 bits per heavy atom. The summed E-state index contributed by atoms with van der Waals surface area (Å²) in [6.07, 6.45) is 5.70. The quantitative estimate of drug-likeness (QED) is 0.283. The number of nitrogens with two attached hydrogens (primary N) is 4. The Bertz CT molecular complexity index is 433. The second kappa shape index (κ2) is 5.90. The van der Waals surface area contributed by atoms with Gasteiger partial charge in [0.1, 0.15) is 0 Å². The summed E-state index contributed by atoms with van der Waals surface area (Å²) in [4.78, 5) is 0. The molecule has 0 aliphatic carbocycles. The van der Waals surface area contributed by atoms with Gasteiger partial charge >= 0.3 is 0 Å². The van der Waals surface area contributed by atoms with E-state index in [1.54, 1.807) is 0 Å². The fourth-order valence-corrected chi connectivity index (χ4v) is 0.842. The minimum atomic E-state index is -0.138. The van der Waals surface area contributed by atoms with Gasteiger partial charge in [-0.3, -0.25) is 0 Å². The van der Waals surface area contributed by atoms with Gasteiger partial charge in [-0.1, -0.05) is 0 Å². The van der Waals surface area contributed by atoms with Gasteiger partial charge in [-0.15, -0.1) is 10.2 Å². The predicted molar refractivity (Wildman–Crippen MR) is 65.5 cm³/mol. The zero-order chi connectivity index (χ0) is 12.7. The van der Waals surface area contributed by atoms with Gasteiger partial charge in [-0.25, -0.2) is 0 Å². The molecule has 90 valence electrons. The molecule has 0 amide bonds. The Labute approximate surface area is 96.6 Å². The number of furan rings is 1. The summed E-state index contributed by atoms with van der Waals surface area (Å²) >= 11 is 0. The molecular weight excluding hydrogens is 224 g/mol. The summed E-state index contributed by atoms with van der Waals surface area (Å²) in [6.45, 7) is 0. The summed E-state index contributed by atoms with van der Waals surface area (Å²) in [5.74, 6) is -0.277. The maximum atomic E-state index is 5.10. The Kier molecular flexibility index (Phi) is 4.25. The number of rotatable bonds is 4. The van der Waals surface area contributed by atoms with Gasteiger partial charge < -0.3 is 27.4 Å². The number of hydrogen-bond donors (Lipinski definition) is 4. The molecule has 0 aromatic carbocycles. The molecule has 1 heterocycles. The molecule has 0 spiro atoms. The highest BCUT2D eigenvalue weighted by Gasteiger charge is 1.99. The molecule has 0 saturated heterocycles. The third kappa shape index (κ3) is 4.46. The van der Waals surface area contributed by atoms with Gasteiger partial charge in [0.25, 0.3) is 0 Å². The van der Waals surface area contributed by atoms with Gasteiger partial charge in [0.2, 0.25) is 11.9 Å². The maximum Gasteiger partial charge on any atom is 0.211 e. The first-order valence-electron chi connectivity index (χ1n) is 4.39. The lowest BCUT2D eigenvalue weighted by molar-refractivity contribution is 0.566. The minimum absolute atomic E-state index is 0.138. The van der Waals surface area contributed by atoms with Crippen LogP contribution in [0.4, 0.5) is 0 Å². The first-order valence-corrected chi connectivity index (χ1v) is 4.39. The smallest absolute Gasteiger partial charge is 0.211 e. The van der Waals surface area contributed by atoms with Gasteiger partial charge in [0.05, 0.1) is 25.0 Å². The summed E-state index contributed by atoms with van der Waals surface area (Å²) in [6, 6.07) is 0. The van der Waals surface area contributed by atoms with Crippen molar-refractivity contribution in [2.45, 2.75) is 0 Å². The third-order valence-corrected chi connectivity index (χ3v) is 1.46. The summed E-state index contributed by atoms with van der Waals surface area (Å²) in [5, 5.41) is 14.1. The molecule has 0 radical (unpaired) electrons. The molecule has 0 aliphatic rings. The van der Waals surface area contributed by atoms with E-state index in [-0.39, 0.29) is 11.9 Å². The van der Waals surface area contributed by atoms with Crippen LogP contribution < -0.4 is 22.9 Å². The average Bonchev–Trinajstić information content (AvgIpc) is 2.65. The van der Waals surface area contributed by atoms with Gasteiger partial charge in [0, 0.05) is 11.1 Å². The van der Waals surface area contributed by atoms with Crippen LogP contribution in [-0.4, -0.2) is 24.3 Å². The van der Waals surface area contributed by atoms with Crippen LogP contribution in [0.3, 0.4) is 0 Å². The first kappa shape index (κ1) is 12.2. The Balaban J connectivity index is 2.79. The fourth-order valence-electron chi connectivity index (χ4n) is 0.842. The van der Waals surface area contributed by atoms with Crippen LogP contribution >= 0.6 is 0 Å². The predicted octanol–water partition coefficient (Wildman–Crippen LogP) is -1.51. The zero-order valence-electron chi connectivity index (χ0n) is 8.82. The normalized spacial score (nSPS) is 10.8. The Morgan fingerprint density at radius 1 is 0.882 bits per heavy atom. The van der Waals surface area contributed by atoms with Gasteiger partial charge in [-0.2, -0.15) is 10.2 Å². The van der Waals surface area contributed by atoms with Crippen molar-refractivity contribution >= 4 is 24.3 Å². The van der Waals surface area contributed by atoms with E-state index in [0.717, 1.165) is 0 Å². The molecule has 1 aromatic rings. The lowest BCUT2D eigenvalue weighted by Crippen LogP contribution is -2.21. The van der Waals surface area contributed by atoms with E-state index in [1.807, 2.05) is 0 Å². The molecule has 0 atom stereocenters. The summed E-state index contributed by atoms with van der Waals surface area (Å²) in [5.41, 5.74) is 21.7. The standard InChI is InChI=1S/C8H12N8O/c9-7(10)15-13-1-5-3-17-4-6(5)2-14-16-8(11)12/h1-4H,(H4,9,10,15)(H4,11,12,16)/b13-1+,14-2+. The van der Waals surface area contributed by atoms with Crippen LogP contribution in [0.15, 0.2) is 37.3 Å². The third-order valence-electron chi connectivity index (χ3n) is 1.46. The largest absolute Gasteiger partial charge is 0.471 e. The maximum absolute atomic E-state index is 5.10.